The van der Waals surface area contributed by atoms with Gasteiger partial charge < -0.3 is 4.74 Å². The van der Waals surface area contributed by atoms with E-state index >= 15 is 0 Å². The van der Waals surface area contributed by atoms with Crippen molar-refractivity contribution in [2.45, 2.75) is 26.2 Å². The van der Waals surface area contributed by atoms with Crippen LogP contribution in [0.15, 0.2) is 16.6 Å². The largest absolute Gasteiger partial charge is 0.490 e. The molecule has 1 aromatic rings. The van der Waals surface area contributed by atoms with E-state index in [1.807, 2.05) is 0 Å². The first-order valence-corrected chi connectivity index (χ1v) is 10.3. The minimum absolute atomic E-state index is 0.0214. The van der Waals surface area contributed by atoms with Crippen LogP contribution in [-0.4, -0.2) is 39.9 Å². The maximum absolute atomic E-state index is 12.6. The fraction of sp³-hybridized carbons (Fsp3) is 0.500. The van der Waals surface area contributed by atoms with Crippen molar-refractivity contribution in [3.8, 4) is 5.75 Å². The van der Waals surface area contributed by atoms with E-state index in [1.165, 1.54) is 13.1 Å². The van der Waals surface area contributed by atoms with E-state index in [0.29, 0.717) is 11.1 Å². The van der Waals surface area contributed by atoms with Crippen molar-refractivity contribution in [3.05, 3.63) is 22.2 Å². The van der Waals surface area contributed by atoms with Crippen molar-refractivity contribution in [1.29, 1.82) is 0 Å². The highest BCUT2D eigenvalue weighted by Gasteiger charge is 2.32. The molecule has 1 fully saturated rings. The predicted molar refractivity (Wildman–Crippen MR) is 95.2 cm³/mol. The number of anilines is 1. The number of hydrogen-bond acceptors (Lipinski definition) is 5. The molecule has 1 aromatic carbocycles. The van der Waals surface area contributed by atoms with E-state index in [4.69, 9.17) is 4.74 Å². The van der Waals surface area contributed by atoms with Gasteiger partial charge >= 0.3 is 0 Å². The van der Waals surface area contributed by atoms with Gasteiger partial charge in [0.15, 0.2) is 11.5 Å². The van der Waals surface area contributed by atoms with Crippen molar-refractivity contribution < 1.29 is 22.7 Å². The zero-order valence-corrected chi connectivity index (χ0v) is 16.2. The fourth-order valence-electron chi connectivity index (χ4n) is 2.33. The van der Waals surface area contributed by atoms with Gasteiger partial charge in [0.2, 0.25) is 10.0 Å². The van der Waals surface area contributed by atoms with Gasteiger partial charge in [-0.25, -0.2) is 8.42 Å². The molecule has 2 rings (SSSR count). The minimum Gasteiger partial charge on any atom is -0.490 e. The molecular formula is C16H20BrNO5S. The molecule has 0 spiro atoms. The number of ketones is 2. The molecule has 6 nitrogen and oxygen atoms in total. The summed E-state index contributed by atoms with van der Waals surface area (Å²) in [5.74, 6) is -0.235. The van der Waals surface area contributed by atoms with Crippen LogP contribution in [0.5, 0.6) is 5.75 Å². The quantitative estimate of drug-likeness (QED) is 0.479. The number of halogens is 1. The Kier molecular flexibility index (Phi) is 5.70. The van der Waals surface area contributed by atoms with E-state index in [9.17, 15) is 18.0 Å². The number of carbonyl (C=O) groups excluding carboxylic acids is 2. The number of ether oxygens (including phenoxy) is 1. The lowest BCUT2D eigenvalue weighted by molar-refractivity contribution is -0.119. The average molecular weight is 418 g/mol. The second-order valence-corrected chi connectivity index (χ2v) is 8.64. The van der Waals surface area contributed by atoms with Gasteiger partial charge in [-0.1, -0.05) is 0 Å². The Morgan fingerprint density at radius 1 is 1.33 bits per heavy atom. The van der Waals surface area contributed by atoms with Crippen molar-refractivity contribution >= 4 is 43.2 Å². The molecule has 1 aliphatic rings. The van der Waals surface area contributed by atoms with E-state index in [0.717, 1.165) is 23.4 Å². The van der Waals surface area contributed by atoms with E-state index in [-0.39, 0.29) is 35.1 Å². The summed E-state index contributed by atoms with van der Waals surface area (Å²) >= 11 is 3.33. The van der Waals surface area contributed by atoms with Crippen LogP contribution in [-0.2, 0) is 14.8 Å². The maximum atomic E-state index is 12.6. The Balaban J connectivity index is 2.51. The predicted octanol–water partition coefficient (Wildman–Crippen LogP) is 2.80. The van der Waals surface area contributed by atoms with Crippen LogP contribution in [0.1, 0.15) is 36.5 Å². The second-order valence-electron chi connectivity index (χ2n) is 5.78. The molecule has 0 radical (unpaired) electrons. The van der Waals surface area contributed by atoms with Crippen LogP contribution in [0, 0.1) is 5.92 Å². The van der Waals surface area contributed by atoms with Crippen molar-refractivity contribution in [2.24, 2.45) is 5.92 Å². The summed E-state index contributed by atoms with van der Waals surface area (Å²) in [6, 6.07) is 3.14. The molecule has 132 valence electrons. The van der Waals surface area contributed by atoms with Gasteiger partial charge in [0.25, 0.3) is 0 Å². The Morgan fingerprint density at radius 3 is 2.46 bits per heavy atom. The topological polar surface area (TPSA) is 80.8 Å². The molecule has 0 aliphatic heterocycles. The maximum Gasteiger partial charge on any atom is 0.232 e. The molecule has 0 N–H and O–H groups in total. The zero-order chi connectivity index (χ0) is 18.1. The van der Waals surface area contributed by atoms with Crippen molar-refractivity contribution in [2.75, 3.05) is 24.2 Å². The second kappa shape index (κ2) is 7.23. The van der Waals surface area contributed by atoms with Gasteiger partial charge in [-0.15, -0.1) is 0 Å². The summed E-state index contributed by atoms with van der Waals surface area (Å²) in [5.41, 5.74) is 0.325. The molecule has 0 heterocycles. The summed E-state index contributed by atoms with van der Waals surface area (Å²) in [6.07, 6.45) is 2.48. The van der Waals surface area contributed by atoms with Gasteiger partial charge in [0, 0.05) is 18.5 Å². The van der Waals surface area contributed by atoms with Gasteiger partial charge in [-0.05, 0) is 47.8 Å². The number of benzene rings is 1. The summed E-state index contributed by atoms with van der Waals surface area (Å²) in [6.45, 7) is 2.07. The molecule has 8 heteroatoms. The number of nitrogens with zero attached hydrogens (tertiary/aromatic N) is 1. The highest BCUT2D eigenvalue weighted by Crippen LogP contribution is 2.40. The number of Topliss-reactive ketones (excluding diaryl/α,β-unsaturated/α-hetero) is 2. The highest BCUT2D eigenvalue weighted by atomic mass is 79.9. The lowest BCUT2D eigenvalue weighted by atomic mass is 10.0. The first kappa shape index (κ1) is 18.9. The van der Waals surface area contributed by atoms with Crippen molar-refractivity contribution in [3.63, 3.8) is 0 Å². The average Bonchev–Trinajstić information content (AvgIpc) is 3.32. The molecule has 1 aliphatic carbocycles. The molecule has 1 saturated carbocycles. The molecule has 0 atom stereocenters. The number of carbonyl (C=O) groups is 2. The van der Waals surface area contributed by atoms with Gasteiger partial charge in [0.05, 0.1) is 23.8 Å². The third kappa shape index (κ3) is 4.16. The zero-order valence-electron chi connectivity index (χ0n) is 13.8. The van der Waals surface area contributed by atoms with E-state index in [2.05, 4.69) is 15.9 Å². The highest BCUT2D eigenvalue weighted by molar-refractivity contribution is 9.10. The monoisotopic (exact) mass is 417 g/mol. The standard InChI is InChI=1S/C16H20BrNO5S/c1-4-23-16-12(17)8-7-11(15(16)18(2)24(3,21)22)14(20)9-13(19)10-5-6-10/h7-8,10H,4-6,9H2,1-3H3. The molecule has 24 heavy (non-hydrogen) atoms. The Labute approximate surface area is 150 Å². The molecule has 0 aromatic heterocycles. The third-order valence-electron chi connectivity index (χ3n) is 3.85. The SMILES string of the molecule is CCOc1c(Br)ccc(C(=O)CC(=O)C2CC2)c1N(C)S(C)(=O)=O. The molecule has 0 amide bonds. The lowest BCUT2D eigenvalue weighted by Crippen LogP contribution is -2.28. The Morgan fingerprint density at radius 2 is 1.96 bits per heavy atom. The number of sulfonamides is 1. The van der Waals surface area contributed by atoms with Crippen LogP contribution in [0.2, 0.25) is 0 Å². The molecule has 0 saturated heterocycles. The van der Waals surface area contributed by atoms with Gasteiger partial charge in [0.1, 0.15) is 11.5 Å². The molecule has 0 unspecified atom stereocenters. The van der Waals surface area contributed by atoms with Crippen molar-refractivity contribution in [1.82, 2.24) is 0 Å². The minimum atomic E-state index is -3.61. The lowest BCUT2D eigenvalue weighted by Gasteiger charge is -2.23. The summed E-state index contributed by atoms with van der Waals surface area (Å²) in [7, 11) is -2.25. The molecular weight excluding hydrogens is 398 g/mol. The van der Waals surface area contributed by atoms with Gasteiger partial charge in [-0.3, -0.25) is 13.9 Å². The Bertz CT molecular complexity index is 771. The van der Waals surface area contributed by atoms with Crippen LogP contribution < -0.4 is 9.04 Å². The third-order valence-corrected chi connectivity index (χ3v) is 5.65. The van der Waals surface area contributed by atoms with E-state index < -0.39 is 15.8 Å². The van der Waals surface area contributed by atoms with E-state index in [1.54, 1.807) is 13.0 Å². The Hall–Kier alpha value is -1.41. The van der Waals surface area contributed by atoms with Gasteiger partial charge in [-0.2, -0.15) is 0 Å². The summed E-state index contributed by atoms with van der Waals surface area (Å²) < 4.78 is 31.1. The van der Waals surface area contributed by atoms with Crippen LogP contribution in [0.4, 0.5) is 5.69 Å². The first-order chi connectivity index (χ1) is 11.2. The van der Waals surface area contributed by atoms with Crippen LogP contribution in [0.3, 0.4) is 0 Å². The molecule has 0 bridgehead atoms. The smallest absolute Gasteiger partial charge is 0.232 e. The first-order valence-electron chi connectivity index (χ1n) is 7.62. The summed E-state index contributed by atoms with van der Waals surface area (Å²) in [4.78, 5) is 24.5. The van der Waals surface area contributed by atoms with Crippen LogP contribution in [0.25, 0.3) is 0 Å². The fourth-order valence-corrected chi connectivity index (χ4v) is 3.28. The number of rotatable bonds is 8. The number of hydrogen-bond donors (Lipinski definition) is 0. The summed E-state index contributed by atoms with van der Waals surface area (Å²) in [5, 5.41) is 0. The van der Waals surface area contributed by atoms with Crippen LogP contribution >= 0.6 is 15.9 Å². The normalized spacial score (nSPS) is 14.3.